The lowest BCUT2D eigenvalue weighted by molar-refractivity contribution is 0.258. The second-order valence-electron chi connectivity index (χ2n) is 4.72. The van der Waals surface area contributed by atoms with E-state index in [1.165, 1.54) is 0 Å². The molecule has 0 saturated heterocycles. The average molecular weight is 239 g/mol. The van der Waals surface area contributed by atoms with E-state index in [0.29, 0.717) is 6.04 Å². The molecule has 17 heavy (non-hydrogen) atoms. The van der Waals surface area contributed by atoms with Crippen LogP contribution in [0, 0.1) is 0 Å². The van der Waals surface area contributed by atoms with E-state index in [1.54, 1.807) is 0 Å². The maximum atomic E-state index is 4.14. The van der Waals surface area contributed by atoms with E-state index in [-0.39, 0.29) is 0 Å². The third-order valence-corrected chi connectivity index (χ3v) is 2.88. The van der Waals surface area contributed by atoms with E-state index >= 15 is 0 Å². The fourth-order valence-electron chi connectivity index (χ4n) is 1.44. The van der Waals surface area contributed by atoms with Crippen molar-refractivity contribution in [2.45, 2.75) is 46.3 Å². The van der Waals surface area contributed by atoms with Gasteiger partial charge in [-0.25, -0.2) is 0 Å². The molecule has 0 saturated carbocycles. The molecule has 0 amide bonds. The molecule has 0 atom stereocenters. The van der Waals surface area contributed by atoms with E-state index in [2.05, 4.69) is 48.3 Å². The zero-order valence-electron chi connectivity index (χ0n) is 11.5. The van der Waals surface area contributed by atoms with Crippen molar-refractivity contribution in [2.24, 2.45) is 0 Å². The Morgan fingerprint density at radius 1 is 1.47 bits per heavy atom. The Hall–Kier alpha value is -0.940. The van der Waals surface area contributed by atoms with Crippen LogP contribution in [0.15, 0.2) is 6.20 Å². The van der Waals surface area contributed by atoms with Crippen molar-refractivity contribution in [2.75, 3.05) is 20.1 Å². The molecule has 98 valence electrons. The summed E-state index contributed by atoms with van der Waals surface area (Å²) in [5.74, 6) is 0. The minimum atomic E-state index is 0.573. The van der Waals surface area contributed by atoms with Crippen LogP contribution in [0.2, 0.25) is 0 Å². The molecule has 1 N–H and O–H groups in total. The molecule has 5 heteroatoms. The largest absolute Gasteiger partial charge is 0.311 e. The Morgan fingerprint density at radius 2 is 2.24 bits per heavy atom. The third kappa shape index (κ3) is 5.28. The molecular weight excluding hydrogens is 214 g/mol. The first kappa shape index (κ1) is 14.1. The minimum Gasteiger partial charge on any atom is -0.311 e. The highest BCUT2D eigenvalue weighted by Crippen LogP contribution is 1.96. The Labute approximate surface area is 104 Å². The first-order valence-electron chi connectivity index (χ1n) is 6.43. The quantitative estimate of drug-likeness (QED) is 0.691. The number of hydrogen-bond donors (Lipinski definition) is 1. The highest BCUT2D eigenvalue weighted by molar-refractivity contribution is 4.91. The highest BCUT2D eigenvalue weighted by Gasteiger charge is 2.04. The average Bonchev–Trinajstić information content (AvgIpc) is 2.74. The van der Waals surface area contributed by atoms with E-state index in [1.807, 2.05) is 10.9 Å². The predicted octanol–water partition coefficient (Wildman–Crippen LogP) is 1.12. The van der Waals surface area contributed by atoms with Gasteiger partial charge in [-0.1, -0.05) is 12.1 Å². The van der Waals surface area contributed by atoms with Gasteiger partial charge in [0, 0.05) is 25.3 Å². The lowest BCUT2D eigenvalue weighted by Crippen LogP contribution is -2.29. The molecule has 1 aromatic heterocycles. The summed E-state index contributed by atoms with van der Waals surface area (Å²) in [5.41, 5.74) is 1.02. The topological polar surface area (TPSA) is 46.0 Å². The monoisotopic (exact) mass is 239 g/mol. The van der Waals surface area contributed by atoms with Gasteiger partial charge in [0.25, 0.3) is 0 Å². The van der Waals surface area contributed by atoms with Gasteiger partial charge in [0.15, 0.2) is 0 Å². The first-order valence-corrected chi connectivity index (χ1v) is 6.43. The smallest absolute Gasteiger partial charge is 0.0964 e. The minimum absolute atomic E-state index is 0.573. The first-order chi connectivity index (χ1) is 8.13. The van der Waals surface area contributed by atoms with Crippen LogP contribution in [-0.4, -0.2) is 46.1 Å². The van der Waals surface area contributed by atoms with Crippen molar-refractivity contribution in [1.29, 1.82) is 0 Å². The number of rotatable bonds is 8. The van der Waals surface area contributed by atoms with Crippen LogP contribution in [0.1, 0.15) is 32.9 Å². The van der Waals surface area contributed by atoms with E-state index in [0.717, 1.165) is 38.3 Å². The second kappa shape index (κ2) is 7.40. The molecule has 0 aliphatic rings. The van der Waals surface area contributed by atoms with Crippen LogP contribution in [0.3, 0.4) is 0 Å². The van der Waals surface area contributed by atoms with Crippen molar-refractivity contribution >= 4 is 0 Å². The summed E-state index contributed by atoms with van der Waals surface area (Å²) in [5, 5.41) is 11.6. The molecule has 0 aliphatic carbocycles. The lowest BCUT2D eigenvalue weighted by Gasteiger charge is -2.20. The number of hydrogen-bond acceptors (Lipinski definition) is 4. The third-order valence-electron chi connectivity index (χ3n) is 2.88. The van der Waals surface area contributed by atoms with Gasteiger partial charge >= 0.3 is 0 Å². The summed E-state index contributed by atoms with van der Waals surface area (Å²) in [6.45, 7) is 10.3. The Balaban J connectivity index is 2.30. The van der Waals surface area contributed by atoms with Crippen molar-refractivity contribution in [1.82, 2.24) is 25.2 Å². The van der Waals surface area contributed by atoms with Crippen molar-refractivity contribution in [3.63, 3.8) is 0 Å². The zero-order valence-corrected chi connectivity index (χ0v) is 11.5. The van der Waals surface area contributed by atoms with Crippen molar-refractivity contribution in [3.05, 3.63) is 11.9 Å². The van der Waals surface area contributed by atoms with E-state index < -0.39 is 0 Å². The van der Waals surface area contributed by atoms with Gasteiger partial charge in [-0.2, -0.15) is 0 Å². The molecule has 1 rings (SSSR count). The van der Waals surface area contributed by atoms with E-state index in [9.17, 15) is 0 Å². The van der Waals surface area contributed by atoms with E-state index in [4.69, 9.17) is 0 Å². The summed E-state index contributed by atoms with van der Waals surface area (Å²) in [7, 11) is 2.13. The molecule has 0 bridgehead atoms. The van der Waals surface area contributed by atoms with Gasteiger partial charge in [0.05, 0.1) is 12.2 Å². The van der Waals surface area contributed by atoms with Gasteiger partial charge in [-0.3, -0.25) is 4.68 Å². The molecule has 5 nitrogen and oxygen atoms in total. The predicted molar refractivity (Wildman–Crippen MR) is 69.8 cm³/mol. The second-order valence-corrected chi connectivity index (χ2v) is 4.72. The van der Waals surface area contributed by atoms with Gasteiger partial charge in [0.1, 0.15) is 0 Å². The molecule has 0 unspecified atom stereocenters. The van der Waals surface area contributed by atoms with Gasteiger partial charge in [0.2, 0.25) is 0 Å². The van der Waals surface area contributed by atoms with Crippen LogP contribution in [0.4, 0.5) is 0 Å². The van der Waals surface area contributed by atoms with Crippen LogP contribution >= 0.6 is 0 Å². The molecule has 0 fully saturated rings. The van der Waals surface area contributed by atoms with Gasteiger partial charge in [-0.05, 0) is 33.9 Å². The maximum absolute atomic E-state index is 4.14. The van der Waals surface area contributed by atoms with Gasteiger partial charge in [-0.15, -0.1) is 5.10 Å². The van der Waals surface area contributed by atoms with Gasteiger partial charge < -0.3 is 10.2 Å². The number of likely N-dealkylation sites (N-methyl/N-ethyl adjacent to an activating group) is 1. The standard InChI is InChI=1S/C12H25N5/c1-5-6-13-9-12-10-17(15-14-12)8-7-16(4)11(2)3/h10-11,13H,5-9H2,1-4H3. The number of aromatic nitrogens is 3. The molecule has 1 heterocycles. The normalized spacial score (nSPS) is 11.6. The zero-order chi connectivity index (χ0) is 12.7. The van der Waals surface area contributed by atoms with Crippen LogP contribution in [-0.2, 0) is 13.1 Å². The summed E-state index contributed by atoms with van der Waals surface area (Å²) >= 11 is 0. The molecular formula is C12H25N5. The molecule has 0 aliphatic heterocycles. The lowest BCUT2D eigenvalue weighted by atomic mass is 10.3. The molecule has 0 aromatic carbocycles. The molecule has 1 aromatic rings. The molecule has 0 spiro atoms. The Bertz CT molecular complexity index is 308. The number of nitrogens with one attached hydrogen (secondary N) is 1. The Kier molecular flexibility index (Phi) is 6.15. The van der Waals surface area contributed by atoms with Crippen LogP contribution in [0.5, 0.6) is 0 Å². The SMILES string of the molecule is CCCNCc1cn(CCN(C)C(C)C)nn1. The summed E-state index contributed by atoms with van der Waals surface area (Å²) in [6.07, 6.45) is 3.17. The van der Waals surface area contributed by atoms with Crippen LogP contribution in [0.25, 0.3) is 0 Å². The Morgan fingerprint density at radius 3 is 2.88 bits per heavy atom. The highest BCUT2D eigenvalue weighted by atomic mass is 15.4. The summed E-state index contributed by atoms with van der Waals surface area (Å²) < 4.78 is 1.92. The van der Waals surface area contributed by atoms with Crippen LogP contribution < -0.4 is 5.32 Å². The fraction of sp³-hybridized carbons (Fsp3) is 0.833. The summed E-state index contributed by atoms with van der Waals surface area (Å²) in [4.78, 5) is 2.30. The molecule has 0 radical (unpaired) electrons. The number of nitrogens with zero attached hydrogens (tertiary/aromatic N) is 4. The van der Waals surface area contributed by atoms with Crippen molar-refractivity contribution < 1.29 is 0 Å². The summed E-state index contributed by atoms with van der Waals surface area (Å²) in [6, 6.07) is 0.573. The van der Waals surface area contributed by atoms with Crippen molar-refractivity contribution in [3.8, 4) is 0 Å². The fourth-order valence-corrected chi connectivity index (χ4v) is 1.44. The maximum Gasteiger partial charge on any atom is 0.0964 e.